The summed E-state index contributed by atoms with van der Waals surface area (Å²) in [6, 6.07) is 0.794. The molecule has 1 aliphatic carbocycles. The number of carbonyl (C=O) groups is 5. The Hall–Kier alpha value is -3.86. The van der Waals surface area contributed by atoms with E-state index < -0.39 is 87.6 Å². The van der Waals surface area contributed by atoms with Gasteiger partial charge < -0.3 is 31.3 Å². The number of nitrogens with one attached hydrogen (secondary N) is 4. The Bertz CT molecular complexity index is 1640. The zero-order chi connectivity index (χ0) is 40.4. The maximum Gasteiger partial charge on any atom is 0.335 e. The van der Waals surface area contributed by atoms with Crippen molar-refractivity contribution in [2.24, 2.45) is 28.1 Å². The summed E-state index contributed by atoms with van der Waals surface area (Å²) in [5.74, 6) is -3.62. The van der Waals surface area contributed by atoms with Gasteiger partial charge in [0.1, 0.15) is 18.1 Å². The number of nitrogens with zero attached hydrogens (tertiary/aromatic N) is 2. The first-order chi connectivity index (χ1) is 24.2. The fourth-order valence-electron chi connectivity index (χ4n) is 6.82. The summed E-state index contributed by atoms with van der Waals surface area (Å²) in [4.78, 5) is 67.4. The molecule has 53 heavy (non-hydrogen) atoms. The van der Waals surface area contributed by atoms with Gasteiger partial charge in [-0.1, -0.05) is 67.5 Å². The Morgan fingerprint density at radius 3 is 2.06 bits per heavy atom. The van der Waals surface area contributed by atoms with E-state index in [4.69, 9.17) is 5.11 Å². The lowest BCUT2D eigenvalue weighted by molar-refractivity contribution is -0.144. The Kier molecular flexibility index (Phi) is 13.3. The van der Waals surface area contributed by atoms with Crippen molar-refractivity contribution in [2.75, 3.05) is 32.9 Å². The van der Waals surface area contributed by atoms with Crippen LogP contribution in [0.15, 0.2) is 24.3 Å². The van der Waals surface area contributed by atoms with Crippen LogP contribution < -0.4 is 21.3 Å². The van der Waals surface area contributed by atoms with E-state index in [1.54, 1.807) is 32.9 Å². The molecule has 14 nitrogen and oxygen atoms in total. The predicted octanol–water partition coefficient (Wildman–Crippen LogP) is 2.69. The monoisotopic (exact) mass is 770 g/mol. The molecule has 298 valence electrons. The summed E-state index contributed by atoms with van der Waals surface area (Å²) >= 11 is 0. The van der Waals surface area contributed by atoms with E-state index >= 15 is 0 Å². The highest BCUT2D eigenvalue weighted by atomic mass is 32.2. The van der Waals surface area contributed by atoms with Crippen LogP contribution >= 0.6 is 0 Å². The lowest BCUT2D eigenvalue weighted by Gasteiger charge is -2.39. The predicted molar refractivity (Wildman–Crippen MR) is 195 cm³/mol. The number of piperidine rings is 1. The molecule has 1 saturated heterocycles. The van der Waals surface area contributed by atoms with Gasteiger partial charge in [-0.05, 0) is 52.2 Å². The fraction of sp³-hybridized carbons (Fsp3) is 0.694. The normalized spacial score (nSPS) is 21.3. The van der Waals surface area contributed by atoms with Crippen LogP contribution in [0.4, 0.5) is 13.6 Å². The van der Waals surface area contributed by atoms with Crippen molar-refractivity contribution in [1.82, 2.24) is 30.5 Å². The zero-order valence-corrected chi connectivity index (χ0v) is 33.1. The molecule has 5 amide bonds. The second-order valence-corrected chi connectivity index (χ2v) is 19.1. The summed E-state index contributed by atoms with van der Waals surface area (Å²) in [6.07, 6.45) is -2.55. The number of hydrogen-bond donors (Lipinski definition) is 5. The number of halogens is 2. The minimum absolute atomic E-state index is 0.0239. The van der Waals surface area contributed by atoms with Gasteiger partial charge in [-0.25, -0.2) is 31.1 Å². The van der Waals surface area contributed by atoms with Crippen LogP contribution in [-0.4, -0.2) is 116 Å². The second-order valence-electron chi connectivity index (χ2n) is 17.0. The Morgan fingerprint density at radius 2 is 1.57 bits per heavy atom. The van der Waals surface area contributed by atoms with E-state index in [9.17, 15) is 41.2 Å². The lowest BCUT2D eigenvalue weighted by Crippen LogP contribution is -2.62. The third-order valence-corrected chi connectivity index (χ3v) is 11.7. The van der Waals surface area contributed by atoms with Crippen LogP contribution in [0.25, 0.3) is 0 Å². The van der Waals surface area contributed by atoms with Crippen molar-refractivity contribution in [3.63, 3.8) is 0 Å². The zero-order valence-electron chi connectivity index (χ0n) is 32.2. The molecular weight excluding hydrogens is 714 g/mol. The second kappa shape index (κ2) is 16.2. The Labute approximate surface area is 311 Å². The maximum atomic E-state index is 14.3. The average molecular weight is 771 g/mol. The highest BCUT2D eigenvalue weighted by Crippen LogP contribution is 2.65. The van der Waals surface area contributed by atoms with E-state index in [1.165, 1.54) is 24.1 Å². The third-order valence-electron chi connectivity index (χ3n) is 10.5. The SMILES string of the molecule is CN(C[C@@H](NC(=O)NC(C(=O)N1CC2C([C@H]1C(=O)NC(CC(F)F)C(=O)NCCc1ccc(C(=O)O)cc1)C2(C)C)C(C)(C)C)C(C)(C)C)S(C)(=O)=O. The molecule has 0 bridgehead atoms. The number of fused-ring (bicyclic) bond motifs is 1. The number of urea groups is 1. The standard InChI is InChI=1S/C36H56F2N6O8S/c1-34(2,3)24(19-43(9)53(10,51)52)41-33(50)42-28(35(4,5)6)31(47)44-18-22-26(36(22,7)8)27(44)30(46)40-23(17-25(37)38)29(45)39-16-15-20-11-13-21(14-12-20)32(48)49/h11-14,22-28H,15-19H2,1-10H3,(H,39,45)(H,40,46)(H,48,49)(H2,41,42,50)/t22?,23?,24-,26?,27+,28?/m1/s1. The van der Waals surface area contributed by atoms with Gasteiger partial charge in [-0.2, -0.15) is 0 Å². The van der Waals surface area contributed by atoms with Crippen molar-refractivity contribution in [2.45, 2.75) is 98.8 Å². The molecule has 2 fully saturated rings. The van der Waals surface area contributed by atoms with Crippen molar-refractivity contribution < 1.29 is 46.3 Å². The summed E-state index contributed by atoms with van der Waals surface area (Å²) in [5, 5.41) is 19.7. The van der Waals surface area contributed by atoms with Gasteiger partial charge in [0, 0.05) is 39.1 Å². The number of likely N-dealkylation sites (tertiary alicyclic amines) is 1. The molecule has 3 rings (SSSR count). The number of aromatic carboxylic acids is 1. The molecule has 0 spiro atoms. The number of amides is 5. The first kappa shape index (κ1) is 43.5. The molecule has 0 aromatic heterocycles. The minimum atomic E-state index is -3.55. The van der Waals surface area contributed by atoms with Gasteiger partial charge in [-0.15, -0.1) is 0 Å². The molecule has 1 aliphatic heterocycles. The minimum Gasteiger partial charge on any atom is -0.478 e. The molecule has 1 saturated carbocycles. The van der Waals surface area contributed by atoms with Crippen molar-refractivity contribution in [1.29, 1.82) is 0 Å². The number of likely N-dealkylation sites (N-methyl/N-ethyl adjacent to an activating group) is 1. The molecule has 1 heterocycles. The van der Waals surface area contributed by atoms with Gasteiger partial charge in [0.15, 0.2) is 0 Å². The number of carboxylic acids is 1. The van der Waals surface area contributed by atoms with E-state index in [1.807, 2.05) is 34.6 Å². The van der Waals surface area contributed by atoms with E-state index in [0.717, 1.165) is 10.6 Å². The summed E-state index contributed by atoms with van der Waals surface area (Å²) < 4.78 is 52.8. The third kappa shape index (κ3) is 11.1. The van der Waals surface area contributed by atoms with Crippen LogP contribution in [0.1, 0.15) is 77.7 Å². The number of rotatable bonds is 15. The number of benzene rings is 1. The largest absolute Gasteiger partial charge is 0.478 e. The molecule has 17 heteroatoms. The summed E-state index contributed by atoms with van der Waals surface area (Å²) in [7, 11) is -2.15. The van der Waals surface area contributed by atoms with Gasteiger partial charge in [-0.3, -0.25) is 14.4 Å². The van der Waals surface area contributed by atoms with Gasteiger partial charge in [0.25, 0.3) is 0 Å². The molecule has 1 aromatic rings. The maximum absolute atomic E-state index is 14.3. The first-order valence-corrected chi connectivity index (χ1v) is 19.5. The molecule has 4 unspecified atom stereocenters. The van der Waals surface area contributed by atoms with Crippen LogP contribution in [0.3, 0.4) is 0 Å². The molecule has 5 N–H and O–H groups in total. The number of alkyl halides is 2. The molecule has 1 aromatic carbocycles. The van der Waals surface area contributed by atoms with Crippen LogP contribution in [0, 0.1) is 28.1 Å². The topological polar surface area (TPSA) is 194 Å². The van der Waals surface area contributed by atoms with Crippen LogP contribution in [-0.2, 0) is 30.8 Å². The van der Waals surface area contributed by atoms with E-state index in [0.29, 0.717) is 5.56 Å². The average Bonchev–Trinajstić information content (AvgIpc) is 3.32. The fourth-order valence-corrected chi connectivity index (χ4v) is 7.24. The number of hydrogen-bond acceptors (Lipinski definition) is 7. The van der Waals surface area contributed by atoms with Crippen molar-refractivity contribution in [3.05, 3.63) is 35.4 Å². The number of carboxylic acid groups (broad SMARTS) is 1. The first-order valence-electron chi connectivity index (χ1n) is 17.6. The van der Waals surface area contributed by atoms with Gasteiger partial charge in [0.2, 0.25) is 34.2 Å². The number of sulfonamides is 1. The summed E-state index contributed by atoms with van der Waals surface area (Å²) in [5.41, 5.74) is -0.974. The Balaban J connectivity index is 1.78. The highest BCUT2D eigenvalue weighted by molar-refractivity contribution is 7.88. The van der Waals surface area contributed by atoms with Crippen molar-refractivity contribution >= 4 is 39.7 Å². The van der Waals surface area contributed by atoms with Crippen LogP contribution in [0.5, 0.6) is 0 Å². The number of carbonyl (C=O) groups excluding carboxylic acids is 4. The smallest absolute Gasteiger partial charge is 0.335 e. The molecule has 0 radical (unpaired) electrons. The van der Waals surface area contributed by atoms with E-state index in [2.05, 4.69) is 21.3 Å². The van der Waals surface area contributed by atoms with Gasteiger partial charge in [0.05, 0.1) is 11.8 Å². The van der Waals surface area contributed by atoms with Crippen LogP contribution in [0.2, 0.25) is 0 Å². The Morgan fingerprint density at radius 1 is 0.981 bits per heavy atom. The molecule has 2 aliphatic rings. The summed E-state index contributed by atoms with van der Waals surface area (Å²) in [6.45, 7) is 14.8. The van der Waals surface area contributed by atoms with Gasteiger partial charge >= 0.3 is 12.0 Å². The molecular formula is C36H56F2N6O8S. The highest BCUT2D eigenvalue weighted by Gasteiger charge is 2.70. The lowest BCUT2D eigenvalue weighted by atomic mass is 9.85. The van der Waals surface area contributed by atoms with E-state index in [-0.39, 0.29) is 48.9 Å². The molecule has 6 atom stereocenters. The van der Waals surface area contributed by atoms with Crippen molar-refractivity contribution in [3.8, 4) is 0 Å². The quantitative estimate of drug-likeness (QED) is 0.180.